The second-order valence-corrected chi connectivity index (χ2v) is 7.80. The molecule has 2 heterocycles. The van der Waals surface area contributed by atoms with E-state index in [9.17, 15) is 4.79 Å². The fourth-order valence-electron chi connectivity index (χ4n) is 3.26. The van der Waals surface area contributed by atoms with Crippen LogP contribution in [0.5, 0.6) is 5.75 Å². The Kier molecular flexibility index (Phi) is 6.26. The van der Waals surface area contributed by atoms with Crippen molar-refractivity contribution in [1.82, 2.24) is 20.3 Å². The lowest BCUT2D eigenvalue weighted by Gasteiger charge is -2.15. The van der Waals surface area contributed by atoms with Crippen molar-refractivity contribution in [2.24, 2.45) is 5.92 Å². The Morgan fingerprint density at radius 1 is 1.06 bits per heavy atom. The molecule has 0 unspecified atom stereocenters. The average molecular weight is 428 g/mol. The Bertz CT molecular complexity index is 1240. The van der Waals surface area contributed by atoms with Gasteiger partial charge < -0.3 is 15.4 Å². The van der Waals surface area contributed by atoms with E-state index in [0.717, 1.165) is 16.5 Å². The van der Waals surface area contributed by atoms with Gasteiger partial charge in [0.2, 0.25) is 0 Å². The summed E-state index contributed by atoms with van der Waals surface area (Å²) in [6, 6.07) is 16.8. The molecule has 0 spiro atoms. The smallest absolute Gasteiger partial charge is 0.253 e. The second-order valence-electron chi connectivity index (χ2n) is 7.80. The van der Waals surface area contributed by atoms with E-state index >= 15 is 0 Å². The number of aromatic nitrogens is 3. The summed E-state index contributed by atoms with van der Waals surface area (Å²) in [6.45, 7) is 4.72. The van der Waals surface area contributed by atoms with Crippen LogP contribution in [0.3, 0.4) is 0 Å². The normalized spacial score (nSPS) is 10.9. The molecule has 0 bridgehead atoms. The summed E-state index contributed by atoms with van der Waals surface area (Å²) in [5, 5.41) is 7.12. The number of hydrogen-bond acceptors (Lipinski definition) is 6. The van der Waals surface area contributed by atoms with Crippen molar-refractivity contribution in [3.63, 3.8) is 0 Å². The zero-order valence-corrected chi connectivity index (χ0v) is 18.3. The molecule has 4 rings (SSSR count). The number of methoxy groups -OCH3 is 1. The van der Waals surface area contributed by atoms with Gasteiger partial charge in [0, 0.05) is 29.9 Å². The molecule has 0 atom stereocenters. The van der Waals surface area contributed by atoms with Crippen molar-refractivity contribution in [3.8, 4) is 17.1 Å². The predicted octanol–water partition coefficient (Wildman–Crippen LogP) is 4.83. The van der Waals surface area contributed by atoms with Crippen molar-refractivity contribution < 1.29 is 9.53 Å². The topological polar surface area (TPSA) is 89.0 Å². The van der Waals surface area contributed by atoms with Gasteiger partial charge in [-0.1, -0.05) is 26.0 Å². The maximum atomic E-state index is 12.8. The lowest BCUT2D eigenvalue weighted by molar-refractivity contribution is 0.0950. The summed E-state index contributed by atoms with van der Waals surface area (Å²) in [5.74, 6) is 2.04. The minimum absolute atomic E-state index is 0.134. The molecule has 2 aromatic heterocycles. The highest BCUT2D eigenvalue weighted by atomic mass is 16.5. The van der Waals surface area contributed by atoms with E-state index < -0.39 is 0 Å². The van der Waals surface area contributed by atoms with E-state index in [1.807, 2.05) is 48.5 Å². The second kappa shape index (κ2) is 9.43. The van der Waals surface area contributed by atoms with Gasteiger partial charge in [-0.25, -0.2) is 9.97 Å². The molecule has 0 aliphatic carbocycles. The number of pyridine rings is 1. The first-order valence-electron chi connectivity index (χ1n) is 10.5. The van der Waals surface area contributed by atoms with E-state index in [2.05, 4.69) is 29.5 Å². The molecule has 2 aromatic carbocycles. The van der Waals surface area contributed by atoms with Crippen LogP contribution in [0.2, 0.25) is 0 Å². The number of nitrogens with zero attached hydrogens (tertiary/aromatic N) is 3. The molecular formula is C25H25N5O2. The molecule has 0 aliphatic rings. The van der Waals surface area contributed by atoms with Crippen LogP contribution >= 0.6 is 0 Å². The molecule has 2 N–H and O–H groups in total. The van der Waals surface area contributed by atoms with Crippen LogP contribution in [0.4, 0.5) is 11.5 Å². The third-order valence-corrected chi connectivity index (χ3v) is 4.92. The summed E-state index contributed by atoms with van der Waals surface area (Å²) < 4.78 is 5.40. The fourth-order valence-corrected chi connectivity index (χ4v) is 3.26. The molecule has 32 heavy (non-hydrogen) atoms. The first kappa shape index (κ1) is 21.2. The molecule has 1 amide bonds. The van der Waals surface area contributed by atoms with Crippen LogP contribution in [0.1, 0.15) is 24.2 Å². The standard InChI is InChI=1S/C25H25N5O2/c1-16(2)14-27-25(31)19-8-4-5-9-21(19)29-24-20-13-18(32-3)10-11-22(20)28-23(30-24)17-7-6-12-26-15-17/h4-13,15-16H,14H2,1-3H3,(H,27,31)(H,28,29,30). The summed E-state index contributed by atoms with van der Waals surface area (Å²) >= 11 is 0. The summed E-state index contributed by atoms with van der Waals surface area (Å²) in [4.78, 5) is 26.5. The maximum absolute atomic E-state index is 12.8. The number of hydrogen-bond donors (Lipinski definition) is 2. The molecule has 0 saturated heterocycles. The van der Waals surface area contributed by atoms with Crippen molar-refractivity contribution >= 4 is 28.3 Å². The predicted molar refractivity (Wildman–Crippen MR) is 126 cm³/mol. The number of anilines is 2. The van der Waals surface area contributed by atoms with Gasteiger partial charge in [-0.15, -0.1) is 0 Å². The first-order chi connectivity index (χ1) is 15.5. The highest BCUT2D eigenvalue weighted by Crippen LogP contribution is 2.31. The highest BCUT2D eigenvalue weighted by Gasteiger charge is 2.15. The molecule has 7 nitrogen and oxygen atoms in total. The fraction of sp³-hybridized carbons (Fsp3) is 0.200. The van der Waals surface area contributed by atoms with Gasteiger partial charge in [0.15, 0.2) is 5.82 Å². The molecular weight excluding hydrogens is 402 g/mol. The Morgan fingerprint density at radius 3 is 2.66 bits per heavy atom. The molecule has 162 valence electrons. The van der Waals surface area contributed by atoms with Crippen LogP contribution in [-0.2, 0) is 0 Å². The Morgan fingerprint density at radius 2 is 1.91 bits per heavy atom. The van der Waals surface area contributed by atoms with E-state index in [0.29, 0.717) is 41.1 Å². The molecule has 4 aromatic rings. The molecule has 0 saturated carbocycles. The summed E-state index contributed by atoms with van der Waals surface area (Å²) in [7, 11) is 1.62. The van der Waals surface area contributed by atoms with Gasteiger partial charge in [-0.2, -0.15) is 0 Å². The van der Waals surface area contributed by atoms with Gasteiger partial charge in [-0.05, 0) is 48.4 Å². The molecule has 0 radical (unpaired) electrons. The molecule has 0 aliphatic heterocycles. The SMILES string of the molecule is COc1ccc2nc(-c3cccnc3)nc(Nc3ccccc3C(=O)NCC(C)C)c2c1. The van der Waals surface area contributed by atoms with Crippen LogP contribution in [0, 0.1) is 5.92 Å². The minimum Gasteiger partial charge on any atom is -0.497 e. The third kappa shape index (κ3) is 4.67. The largest absolute Gasteiger partial charge is 0.497 e. The van der Waals surface area contributed by atoms with Gasteiger partial charge in [0.25, 0.3) is 5.91 Å². The van der Waals surface area contributed by atoms with E-state index in [4.69, 9.17) is 14.7 Å². The van der Waals surface area contributed by atoms with Gasteiger partial charge >= 0.3 is 0 Å². The zero-order valence-electron chi connectivity index (χ0n) is 18.3. The van der Waals surface area contributed by atoms with Gasteiger partial charge in [0.1, 0.15) is 11.6 Å². The van der Waals surface area contributed by atoms with Crippen LogP contribution in [0.25, 0.3) is 22.3 Å². The number of fused-ring (bicyclic) bond motifs is 1. The van der Waals surface area contributed by atoms with Crippen molar-refractivity contribution in [2.75, 3.05) is 19.0 Å². The monoisotopic (exact) mass is 427 g/mol. The number of carbonyl (C=O) groups is 1. The lowest BCUT2D eigenvalue weighted by Crippen LogP contribution is -2.27. The van der Waals surface area contributed by atoms with Crippen molar-refractivity contribution in [2.45, 2.75) is 13.8 Å². The number of benzene rings is 2. The third-order valence-electron chi connectivity index (χ3n) is 4.92. The van der Waals surface area contributed by atoms with E-state index in [1.165, 1.54) is 0 Å². The molecule has 0 fully saturated rings. The number of amides is 1. The lowest BCUT2D eigenvalue weighted by atomic mass is 10.1. The highest BCUT2D eigenvalue weighted by molar-refractivity contribution is 6.02. The van der Waals surface area contributed by atoms with Crippen molar-refractivity contribution in [3.05, 3.63) is 72.6 Å². The number of nitrogens with one attached hydrogen (secondary N) is 2. The van der Waals surface area contributed by atoms with E-state index in [1.54, 1.807) is 25.6 Å². The van der Waals surface area contributed by atoms with E-state index in [-0.39, 0.29) is 5.91 Å². The number of ether oxygens (including phenoxy) is 1. The quantitative estimate of drug-likeness (QED) is 0.439. The van der Waals surface area contributed by atoms with Crippen LogP contribution in [-0.4, -0.2) is 34.5 Å². The van der Waals surface area contributed by atoms with Gasteiger partial charge in [0.05, 0.1) is 23.9 Å². The van der Waals surface area contributed by atoms with Crippen LogP contribution in [0.15, 0.2) is 67.0 Å². The Hall–Kier alpha value is -4.00. The molecule has 7 heteroatoms. The maximum Gasteiger partial charge on any atom is 0.253 e. The zero-order chi connectivity index (χ0) is 22.5. The summed E-state index contributed by atoms with van der Waals surface area (Å²) in [6.07, 6.45) is 3.43. The number of rotatable bonds is 7. The van der Waals surface area contributed by atoms with Gasteiger partial charge in [-0.3, -0.25) is 9.78 Å². The first-order valence-corrected chi connectivity index (χ1v) is 10.5. The number of para-hydroxylation sites is 1. The minimum atomic E-state index is -0.134. The summed E-state index contributed by atoms with van der Waals surface area (Å²) in [5.41, 5.74) is 2.76. The Labute approximate surface area is 186 Å². The van der Waals surface area contributed by atoms with Crippen molar-refractivity contribution in [1.29, 1.82) is 0 Å². The number of carbonyl (C=O) groups excluding carboxylic acids is 1. The van der Waals surface area contributed by atoms with Crippen LogP contribution < -0.4 is 15.4 Å². The Balaban J connectivity index is 1.79. The average Bonchev–Trinajstić information content (AvgIpc) is 2.83.